The zero-order valence-corrected chi connectivity index (χ0v) is 9.35. The number of hydrogen-bond donors (Lipinski definition) is 1. The highest BCUT2D eigenvalue weighted by Gasteiger charge is 2.26. The van der Waals surface area contributed by atoms with Gasteiger partial charge in [-0.25, -0.2) is 4.79 Å². The third-order valence-corrected chi connectivity index (χ3v) is 2.93. The standard InChI is InChI=1S/C12H16N2O2/c1-14-7-10(8-16-12(14)15)11-5-3-2-4-9(11)6-13/h2-5,10H,6-8,13H2,1H3. The molecule has 0 aromatic heterocycles. The lowest BCUT2D eigenvalue weighted by atomic mass is 9.94. The lowest BCUT2D eigenvalue weighted by molar-refractivity contribution is 0.0717. The van der Waals surface area contributed by atoms with Gasteiger partial charge in [-0.1, -0.05) is 24.3 Å². The summed E-state index contributed by atoms with van der Waals surface area (Å²) in [5.41, 5.74) is 8.01. The van der Waals surface area contributed by atoms with Crippen LogP contribution in [0.3, 0.4) is 0 Å². The average Bonchev–Trinajstić information content (AvgIpc) is 2.32. The second-order valence-electron chi connectivity index (χ2n) is 4.06. The number of carbonyl (C=O) groups is 1. The Morgan fingerprint density at radius 2 is 2.25 bits per heavy atom. The van der Waals surface area contributed by atoms with Gasteiger partial charge in [-0.3, -0.25) is 0 Å². The monoisotopic (exact) mass is 220 g/mol. The smallest absolute Gasteiger partial charge is 0.409 e. The van der Waals surface area contributed by atoms with E-state index in [4.69, 9.17) is 10.5 Å². The molecule has 1 aromatic carbocycles. The fourth-order valence-electron chi connectivity index (χ4n) is 2.05. The van der Waals surface area contributed by atoms with Gasteiger partial charge in [0.1, 0.15) is 6.61 Å². The number of cyclic esters (lactones) is 1. The highest BCUT2D eigenvalue weighted by Crippen LogP contribution is 2.24. The van der Waals surface area contributed by atoms with Crippen molar-refractivity contribution in [2.24, 2.45) is 5.73 Å². The van der Waals surface area contributed by atoms with Crippen LogP contribution in [0.4, 0.5) is 4.79 Å². The maximum absolute atomic E-state index is 11.2. The van der Waals surface area contributed by atoms with Crippen molar-refractivity contribution >= 4 is 6.09 Å². The van der Waals surface area contributed by atoms with Crippen molar-refractivity contribution in [3.8, 4) is 0 Å². The molecule has 1 aromatic rings. The molecule has 1 aliphatic heterocycles. The molecule has 2 N–H and O–H groups in total. The number of rotatable bonds is 2. The third kappa shape index (κ3) is 2.02. The first-order valence-electron chi connectivity index (χ1n) is 5.38. The van der Waals surface area contributed by atoms with Crippen molar-refractivity contribution in [3.05, 3.63) is 35.4 Å². The van der Waals surface area contributed by atoms with Crippen molar-refractivity contribution in [2.45, 2.75) is 12.5 Å². The van der Waals surface area contributed by atoms with Crippen LogP contribution in [0.1, 0.15) is 17.0 Å². The molecule has 1 saturated heterocycles. The molecule has 1 atom stereocenters. The van der Waals surface area contributed by atoms with Gasteiger partial charge in [0.15, 0.2) is 0 Å². The van der Waals surface area contributed by atoms with Gasteiger partial charge in [0.05, 0.1) is 0 Å². The Morgan fingerprint density at radius 3 is 2.94 bits per heavy atom. The van der Waals surface area contributed by atoms with Gasteiger partial charge in [-0.15, -0.1) is 0 Å². The number of hydrogen-bond acceptors (Lipinski definition) is 3. The second-order valence-corrected chi connectivity index (χ2v) is 4.06. The van der Waals surface area contributed by atoms with Crippen molar-refractivity contribution in [1.29, 1.82) is 0 Å². The highest BCUT2D eigenvalue weighted by atomic mass is 16.6. The minimum absolute atomic E-state index is 0.224. The van der Waals surface area contributed by atoms with Gasteiger partial charge in [0.2, 0.25) is 0 Å². The highest BCUT2D eigenvalue weighted by molar-refractivity contribution is 5.68. The molecule has 16 heavy (non-hydrogen) atoms. The van der Waals surface area contributed by atoms with Crippen LogP contribution in [0.5, 0.6) is 0 Å². The number of nitrogens with two attached hydrogens (primary N) is 1. The summed E-state index contributed by atoms with van der Waals surface area (Å²) >= 11 is 0. The van der Waals surface area contributed by atoms with E-state index in [1.165, 1.54) is 5.56 Å². The molecule has 4 heteroatoms. The summed E-state index contributed by atoms with van der Waals surface area (Å²) in [5.74, 6) is 0.224. The molecule has 86 valence electrons. The van der Waals surface area contributed by atoms with Crippen LogP contribution in [0.15, 0.2) is 24.3 Å². The van der Waals surface area contributed by atoms with E-state index in [0.29, 0.717) is 19.7 Å². The predicted octanol–water partition coefficient (Wildman–Crippen LogP) is 1.31. The molecule has 0 radical (unpaired) electrons. The fourth-order valence-corrected chi connectivity index (χ4v) is 2.05. The number of benzene rings is 1. The predicted molar refractivity (Wildman–Crippen MR) is 61.1 cm³/mol. The number of nitrogens with zero attached hydrogens (tertiary/aromatic N) is 1. The Balaban J connectivity index is 2.21. The first kappa shape index (κ1) is 11.0. The van der Waals surface area contributed by atoms with Crippen molar-refractivity contribution in [1.82, 2.24) is 4.90 Å². The summed E-state index contributed by atoms with van der Waals surface area (Å²) in [6.45, 7) is 1.65. The van der Waals surface area contributed by atoms with Gasteiger partial charge >= 0.3 is 6.09 Å². The average molecular weight is 220 g/mol. The normalized spacial score (nSPS) is 20.8. The zero-order valence-electron chi connectivity index (χ0n) is 9.35. The molecule has 1 amide bonds. The Hall–Kier alpha value is -1.55. The SMILES string of the molecule is CN1CC(c2ccccc2CN)COC1=O. The fraction of sp³-hybridized carbons (Fsp3) is 0.417. The van der Waals surface area contributed by atoms with E-state index < -0.39 is 0 Å². The van der Waals surface area contributed by atoms with Gasteiger partial charge in [0.25, 0.3) is 0 Å². The number of likely N-dealkylation sites (N-methyl/N-ethyl adjacent to an activating group) is 1. The molecule has 1 fully saturated rings. The van der Waals surface area contributed by atoms with E-state index in [-0.39, 0.29) is 12.0 Å². The maximum Gasteiger partial charge on any atom is 0.409 e. The first-order chi connectivity index (χ1) is 7.72. The Bertz CT molecular complexity index is 392. The minimum atomic E-state index is -0.249. The number of amides is 1. The van der Waals surface area contributed by atoms with Crippen molar-refractivity contribution < 1.29 is 9.53 Å². The Labute approximate surface area is 95.0 Å². The van der Waals surface area contributed by atoms with Gasteiger partial charge in [-0.2, -0.15) is 0 Å². The summed E-state index contributed by atoms with van der Waals surface area (Å²) in [6, 6.07) is 8.04. The summed E-state index contributed by atoms with van der Waals surface area (Å²) < 4.78 is 5.10. The maximum atomic E-state index is 11.2. The van der Waals surface area contributed by atoms with Crippen LogP contribution in [0.2, 0.25) is 0 Å². The molecular weight excluding hydrogens is 204 g/mol. The summed E-state index contributed by atoms with van der Waals surface area (Å²) in [5, 5.41) is 0. The van der Waals surface area contributed by atoms with Crippen LogP contribution in [0, 0.1) is 0 Å². The van der Waals surface area contributed by atoms with Crippen LogP contribution < -0.4 is 5.73 Å². The summed E-state index contributed by atoms with van der Waals surface area (Å²) in [6.07, 6.45) is -0.249. The first-order valence-corrected chi connectivity index (χ1v) is 5.38. The number of ether oxygens (including phenoxy) is 1. The molecule has 0 aliphatic carbocycles. The number of carbonyl (C=O) groups excluding carboxylic acids is 1. The minimum Gasteiger partial charge on any atom is -0.449 e. The molecule has 0 saturated carbocycles. The Morgan fingerprint density at radius 1 is 1.50 bits per heavy atom. The summed E-state index contributed by atoms with van der Waals surface area (Å²) in [4.78, 5) is 12.8. The van der Waals surface area contributed by atoms with Crippen LogP contribution >= 0.6 is 0 Å². The molecule has 2 rings (SSSR count). The van der Waals surface area contributed by atoms with E-state index in [9.17, 15) is 4.79 Å². The lowest BCUT2D eigenvalue weighted by Gasteiger charge is -2.30. The van der Waals surface area contributed by atoms with Crippen molar-refractivity contribution in [2.75, 3.05) is 20.2 Å². The van der Waals surface area contributed by atoms with E-state index in [1.807, 2.05) is 18.2 Å². The topological polar surface area (TPSA) is 55.6 Å². The van der Waals surface area contributed by atoms with E-state index >= 15 is 0 Å². The molecule has 1 aliphatic rings. The molecular formula is C12H16N2O2. The third-order valence-electron chi connectivity index (χ3n) is 2.93. The van der Waals surface area contributed by atoms with Crippen LogP contribution in [-0.2, 0) is 11.3 Å². The molecule has 0 spiro atoms. The second kappa shape index (κ2) is 4.53. The molecule has 4 nitrogen and oxygen atoms in total. The van der Waals surface area contributed by atoms with Gasteiger partial charge < -0.3 is 15.4 Å². The van der Waals surface area contributed by atoms with Crippen LogP contribution in [0.25, 0.3) is 0 Å². The summed E-state index contributed by atoms with van der Waals surface area (Å²) in [7, 11) is 1.75. The van der Waals surface area contributed by atoms with Gasteiger partial charge in [0, 0.05) is 26.1 Å². The molecule has 0 bridgehead atoms. The van der Waals surface area contributed by atoms with Crippen molar-refractivity contribution in [3.63, 3.8) is 0 Å². The quantitative estimate of drug-likeness (QED) is 0.817. The largest absolute Gasteiger partial charge is 0.449 e. The van der Waals surface area contributed by atoms with Crippen LogP contribution in [-0.4, -0.2) is 31.2 Å². The van der Waals surface area contributed by atoms with E-state index in [0.717, 1.165) is 5.56 Å². The molecule has 1 heterocycles. The molecule has 1 unspecified atom stereocenters. The lowest BCUT2D eigenvalue weighted by Crippen LogP contribution is -2.39. The van der Waals surface area contributed by atoms with Gasteiger partial charge in [-0.05, 0) is 11.1 Å². The zero-order chi connectivity index (χ0) is 11.5. The van der Waals surface area contributed by atoms with E-state index in [1.54, 1.807) is 11.9 Å². The Kier molecular flexibility index (Phi) is 3.10. The van der Waals surface area contributed by atoms with E-state index in [2.05, 4.69) is 6.07 Å².